The number of ether oxygens (including phenoxy) is 2. The van der Waals surface area contributed by atoms with Crippen LogP contribution in [0.2, 0.25) is 5.02 Å². The van der Waals surface area contributed by atoms with Crippen molar-refractivity contribution in [2.75, 3.05) is 7.11 Å². The Bertz CT molecular complexity index is 599. The van der Waals surface area contributed by atoms with Crippen molar-refractivity contribution in [2.45, 2.75) is 26.0 Å². The Hall–Kier alpha value is -1.71. The molecule has 0 spiro atoms. The first-order valence-corrected chi connectivity index (χ1v) is 7.26. The molecule has 0 saturated heterocycles. The zero-order valence-corrected chi connectivity index (χ0v) is 13.1. The second-order valence-electron chi connectivity index (χ2n) is 5.04. The summed E-state index contributed by atoms with van der Waals surface area (Å²) in [6.45, 7) is 2.42. The highest BCUT2D eigenvalue weighted by molar-refractivity contribution is 6.31. The number of halogens is 1. The van der Waals surface area contributed by atoms with E-state index in [1.54, 1.807) is 7.11 Å². The summed E-state index contributed by atoms with van der Waals surface area (Å²) >= 11 is 6.25. The molecular weight excluding hydrogens is 286 g/mol. The van der Waals surface area contributed by atoms with E-state index < -0.39 is 0 Å². The number of benzene rings is 2. The number of hydrogen-bond acceptors (Lipinski definition) is 3. The van der Waals surface area contributed by atoms with Crippen LogP contribution in [0.1, 0.15) is 18.1 Å². The van der Waals surface area contributed by atoms with Gasteiger partial charge in [-0.3, -0.25) is 0 Å². The lowest BCUT2D eigenvalue weighted by Crippen LogP contribution is -2.18. The number of hydrogen-bond donors (Lipinski definition) is 1. The lowest BCUT2D eigenvalue weighted by molar-refractivity contribution is 0.301. The molecule has 0 aromatic heterocycles. The first kappa shape index (κ1) is 15.7. The molecule has 112 valence electrons. The van der Waals surface area contributed by atoms with E-state index in [-0.39, 0.29) is 6.04 Å². The normalized spacial score (nSPS) is 12.0. The number of rotatable bonds is 6. The summed E-state index contributed by atoms with van der Waals surface area (Å²) in [5.41, 5.74) is 7.87. The minimum Gasteiger partial charge on any atom is -0.497 e. The molecule has 1 atom stereocenters. The Morgan fingerprint density at radius 2 is 1.95 bits per heavy atom. The summed E-state index contributed by atoms with van der Waals surface area (Å²) < 4.78 is 11.1. The monoisotopic (exact) mass is 305 g/mol. The fourth-order valence-electron chi connectivity index (χ4n) is 2.12. The number of methoxy groups -OCH3 is 1. The third-order valence-electron chi connectivity index (χ3n) is 3.13. The van der Waals surface area contributed by atoms with Crippen molar-refractivity contribution < 1.29 is 9.47 Å². The van der Waals surface area contributed by atoms with Crippen LogP contribution in [0.5, 0.6) is 11.5 Å². The Kier molecular flexibility index (Phi) is 5.48. The summed E-state index contributed by atoms with van der Waals surface area (Å²) in [4.78, 5) is 0. The van der Waals surface area contributed by atoms with Crippen LogP contribution in [-0.2, 0) is 13.0 Å². The summed E-state index contributed by atoms with van der Waals surface area (Å²) in [7, 11) is 1.65. The zero-order valence-electron chi connectivity index (χ0n) is 12.3. The van der Waals surface area contributed by atoms with Crippen LogP contribution in [0.25, 0.3) is 0 Å². The van der Waals surface area contributed by atoms with E-state index in [4.69, 9.17) is 26.8 Å². The van der Waals surface area contributed by atoms with Gasteiger partial charge in [0.05, 0.1) is 7.11 Å². The average molecular weight is 306 g/mol. The van der Waals surface area contributed by atoms with E-state index in [1.165, 1.54) is 0 Å². The van der Waals surface area contributed by atoms with Crippen LogP contribution >= 0.6 is 11.6 Å². The largest absolute Gasteiger partial charge is 0.497 e. The SMILES string of the molecule is COc1cccc(COc2cccc(Cl)c2CC(C)N)c1. The topological polar surface area (TPSA) is 44.5 Å². The molecule has 0 aliphatic rings. The summed E-state index contributed by atoms with van der Waals surface area (Å²) in [5, 5.41) is 0.690. The van der Waals surface area contributed by atoms with E-state index in [0.29, 0.717) is 18.1 Å². The van der Waals surface area contributed by atoms with Gasteiger partial charge in [0, 0.05) is 16.6 Å². The van der Waals surface area contributed by atoms with Gasteiger partial charge in [0.1, 0.15) is 18.1 Å². The van der Waals surface area contributed by atoms with Gasteiger partial charge in [-0.2, -0.15) is 0 Å². The molecule has 2 N–H and O–H groups in total. The fourth-order valence-corrected chi connectivity index (χ4v) is 2.36. The van der Waals surface area contributed by atoms with Crippen LogP contribution in [0.15, 0.2) is 42.5 Å². The molecule has 21 heavy (non-hydrogen) atoms. The molecule has 0 aliphatic carbocycles. The third-order valence-corrected chi connectivity index (χ3v) is 3.48. The molecule has 0 saturated carbocycles. The predicted octanol–water partition coefficient (Wildman–Crippen LogP) is 3.82. The average Bonchev–Trinajstić information content (AvgIpc) is 2.48. The smallest absolute Gasteiger partial charge is 0.124 e. The molecule has 2 rings (SSSR count). The van der Waals surface area contributed by atoms with Crippen molar-refractivity contribution in [3.8, 4) is 11.5 Å². The van der Waals surface area contributed by atoms with Crippen LogP contribution in [0, 0.1) is 0 Å². The Morgan fingerprint density at radius 3 is 2.67 bits per heavy atom. The first-order valence-electron chi connectivity index (χ1n) is 6.89. The summed E-state index contributed by atoms with van der Waals surface area (Å²) in [6, 6.07) is 13.5. The highest BCUT2D eigenvalue weighted by Crippen LogP contribution is 2.28. The molecular formula is C17H20ClNO2. The fraction of sp³-hybridized carbons (Fsp3) is 0.294. The molecule has 2 aromatic carbocycles. The van der Waals surface area contributed by atoms with Crippen LogP contribution in [-0.4, -0.2) is 13.2 Å². The van der Waals surface area contributed by atoms with Crippen molar-refractivity contribution in [2.24, 2.45) is 5.73 Å². The minimum atomic E-state index is 0.0315. The van der Waals surface area contributed by atoms with Gasteiger partial charge in [0.2, 0.25) is 0 Å². The van der Waals surface area contributed by atoms with Crippen molar-refractivity contribution in [3.63, 3.8) is 0 Å². The summed E-state index contributed by atoms with van der Waals surface area (Å²) in [5.74, 6) is 1.60. The Balaban J connectivity index is 2.14. The number of nitrogens with two attached hydrogens (primary N) is 1. The Morgan fingerprint density at radius 1 is 1.19 bits per heavy atom. The molecule has 0 bridgehead atoms. The summed E-state index contributed by atoms with van der Waals surface area (Å²) in [6.07, 6.45) is 0.688. The van der Waals surface area contributed by atoms with Crippen LogP contribution in [0.3, 0.4) is 0 Å². The van der Waals surface area contributed by atoms with E-state index in [9.17, 15) is 0 Å². The minimum absolute atomic E-state index is 0.0315. The van der Waals surface area contributed by atoms with Gasteiger partial charge in [0.25, 0.3) is 0 Å². The van der Waals surface area contributed by atoms with Crippen LogP contribution < -0.4 is 15.2 Å². The standard InChI is InChI=1S/C17H20ClNO2/c1-12(19)9-15-16(18)7-4-8-17(15)21-11-13-5-3-6-14(10-13)20-2/h3-8,10,12H,9,11,19H2,1-2H3. The zero-order chi connectivity index (χ0) is 15.2. The quantitative estimate of drug-likeness (QED) is 0.882. The highest BCUT2D eigenvalue weighted by atomic mass is 35.5. The van der Waals surface area contributed by atoms with Crippen molar-refractivity contribution in [1.29, 1.82) is 0 Å². The van der Waals surface area contributed by atoms with Crippen molar-refractivity contribution in [1.82, 2.24) is 0 Å². The predicted molar refractivity (Wildman–Crippen MR) is 86.1 cm³/mol. The van der Waals surface area contributed by atoms with Crippen molar-refractivity contribution >= 4 is 11.6 Å². The van der Waals surface area contributed by atoms with Gasteiger partial charge < -0.3 is 15.2 Å². The lowest BCUT2D eigenvalue weighted by atomic mass is 10.1. The molecule has 0 fully saturated rings. The molecule has 4 heteroatoms. The molecule has 1 unspecified atom stereocenters. The van der Waals surface area contributed by atoms with Gasteiger partial charge in [-0.1, -0.05) is 29.8 Å². The molecule has 0 aliphatic heterocycles. The molecule has 3 nitrogen and oxygen atoms in total. The molecule has 0 amide bonds. The maximum Gasteiger partial charge on any atom is 0.124 e. The van der Waals surface area contributed by atoms with E-state index in [0.717, 1.165) is 22.6 Å². The van der Waals surface area contributed by atoms with Gasteiger partial charge >= 0.3 is 0 Å². The van der Waals surface area contributed by atoms with Crippen molar-refractivity contribution in [3.05, 3.63) is 58.6 Å². The van der Waals surface area contributed by atoms with E-state index in [2.05, 4.69) is 0 Å². The maximum absolute atomic E-state index is 6.25. The molecule has 2 aromatic rings. The maximum atomic E-state index is 6.25. The second-order valence-corrected chi connectivity index (χ2v) is 5.45. The van der Waals surface area contributed by atoms with Gasteiger partial charge in [-0.25, -0.2) is 0 Å². The van der Waals surface area contributed by atoms with Gasteiger partial charge in [-0.05, 0) is 43.2 Å². The highest BCUT2D eigenvalue weighted by Gasteiger charge is 2.10. The van der Waals surface area contributed by atoms with Gasteiger partial charge in [0.15, 0.2) is 0 Å². The molecule has 0 radical (unpaired) electrons. The van der Waals surface area contributed by atoms with Crippen LogP contribution in [0.4, 0.5) is 0 Å². The first-order chi connectivity index (χ1) is 10.1. The lowest BCUT2D eigenvalue weighted by Gasteiger charge is -2.15. The molecule has 0 heterocycles. The van der Waals surface area contributed by atoms with E-state index >= 15 is 0 Å². The van der Waals surface area contributed by atoms with E-state index in [1.807, 2.05) is 49.4 Å². The second kappa shape index (κ2) is 7.34. The van der Waals surface area contributed by atoms with Gasteiger partial charge in [-0.15, -0.1) is 0 Å². The Labute approximate surface area is 130 Å². The third kappa shape index (κ3) is 4.38.